The van der Waals surface area contributed by atoms with E-state index in [2.05, 4.69) is 4.37 Å². The molecular formula is C12H22N4O3S2. The van der Waals surface area contributed by atoms with Crippen molar-refractivity contribution >= 4 is 32.4 Å². The topological polar surface area (TPSA) is 88.8 Å². The molecule has 1 fully saturated rings. The lowest BCUT2D eigenvalue weighted by Crippen LogP contribution is -2.33. The van der Waals surface area contributed by atoms with Gasteiger partial charge in [-0.25, -0.2) is 12.7 Å². The van der Waals surface area contributed by atoms with Crippen molar-refractivity contribution in [1.29, 1.82) is 0 Å². The van der Waals surface area contributed by atoms with Gasteiger partial charge in [-0.2, -0.15) is 4.37 Å². The molecule has 1 aromatic heterocycles. The maximum atomic E-state index is 12.4. The number of aromatic nitrogens is 1. The van der Waals surface area contributed by atoms with Crippen LogP contribution in [-0.2, 0) is 14.8 Å². The lowest BCUT2D eigenvalue weighted by atomic mass is 10.2. The summed E-state index contributed by atoms with van der Waals surface area (Å²) in [7, 11) is -0.625. The van der Waals surface area contributed by atoms with E-state index in [0.29, 0.717) is 18.1 Å². The zero-order valence-electron chi connectivity index (χ0n) is 12.6. The number of nitrogens with two attached hydrogens (primary N) is 1. The molecule has 1 atom stereocenters. The summed E-state index contributed by atoms with van der Waals surface area (Å²) in [4.78, 5) is 2.10. The average molecular weight is 334 g/mol. The molecule has 1 aliphatic rings. The fraction of sp³-hybridized carbons (Fsp3) is 0.750. The van der Waals surface area contributed by atoms with Gasteiger partial charge in [-0.3, -0.25) is 0 Å². The third kappa shape index (κ3) is 3.31. The van der Waals surface area contributed by atoms with Crippen LogP contribution in [0.2, 0.25) is 0 Å². The molecule has 1 aliphatic heterocycles. The molecule has 21 heavy (non-hydrogen) atoms. The van der Waals surface area contributed by atoms with Crippen LogP contribution in [0.4, 0.5) is 10.8 Å². The molecule has 1 saturated heterocycles. The van der Waals surface area contributed by atoms with Gasteiger partial charge in [0.05, 0.1) is 6.10 Å². The molecule has 0 aliphatic carbocycles. The number of sulfonamides is 1. The van der Waals surface area contributed by atoms with E-state index in [0.717, 1.165) is 35.3 Å². The van der Waals surface area contributed by atoms with Gasteiger partial charge in [-0.1, -0.05) is 0 Å². The highest BCUT2D eigenvalue weighted by molar-refractivity contribution is 7.89. The first-order valence-corrected chi connectivity index (χ1v) is 9.13. The first-order chi connectivity index (χ1) is 9.87. The van der Waals surface area contributed by atoms with Crippen molar-refractivity contribution in [2.75, 3.05) is 44.4 Å². The van der Waals surface area contributed by atoms with Crippen LogP contribution >= 0.6 is 11.5 Å². The minimum atomic E-state index is -3.61. The van der Waals surface area contributed by atoms with Gasteiger partial charge in [0.25, 0.3) is 0 Å². The Labute approximate surface area is 129 Å². The second-order valence-corrected chi connectivity index (χ2v) is 8.00. The fourth-order valence-electron chi connectivity index (χ4n) is 2.30. The van der Waals surface area contributed by atoms with E-state index < -0.39 is 10.0 Å². The Bertz CT molecular complexity index is 579. The lowest BCUT2D eigenvalue weighted by molar-refractivity contribution is 0.116. The number of ether oxygens (including phenoxy) is 1. The molecule has 9 heteroatoms. The highest BCUT2D eigenvalue weighted by atomic mass is 32.2. The predicted molar refractivity (Wildman–Crippen MR) is 84.3 cm³/mol. The number of hydrogen-bond donors (Lipinski definition) is 1. The number of hydrogen-bond acceptors (Lipinski definition) is 7. The van der Waals surface area contributed by atoms with Crippen LogP contribution in [0.1, 0.15) is 19.8 Å². The fourth-order valence-corrected chi connectivity index (χ4v) is 4.59. The summed E-state index contributed by atoms with van der Waals surface area (Å²) in [6.45, 7) is 4.10. The molecule has 0 saturated carbocycles. The summed E-state index contributed by atoms with van der Waals surface area (Å²) in [5.74, 6) is 0.0643. The van der Waals surface area contributed by atoms with Crippen molar-refractivity contribution in [3.05, 3.63) is 0 Å². The summed E-state index contributed by atoms with van der Waals surface area (Å²) < 4.78 is 35.7. The van der Waals surface area contributed by atoms with Crippen molar-refractivity contribution < 1.29 is 13.2 Å². The number of nitrogens with zero attached hydrogens (tertiary/aromatic N) is 3. The minimum absolute atomic E-state index is 0.0643. The third-order valence-electron chi connectivity index (χ3n) is 3.51. The number of nitrogen functional groups attached to an aromatic ring is 1. The van der Waals surface area contributed by atoms with Crippen LogP contribution in [-0.4, -0.2) is 57.0 Å². The molecule has 2 heterocycles. The first-order valence-electron chi connectivity index (χ1n) is 6.92. The van der Waals surface area contributed by atoms with E-state index in [4.69, 9.17) is 10.5 Å². The largest absolute Gasteiger partial charge is 0.382 e. The summed E-state index contributed by atoms with van der Waals surface area (Å²) in [5, 5.41) is 0.596. The van der Waals surface area contributed by atoms with Gasteiger partial charge in [0.1, 0.15) is 5.00 Å². The second-order valence-electron chi connectivity index (χ2n) is 5.16. The molecule has 120 valence electrons. The molecule has 2 N–H and O–H groups in total. The van der Waals surface area contributed by atoms with Crippen molar-refractivity contribution in [1.82, 2.24) is 8.68 Å². The number of rotatable bonds is 6. The van der Waals surface area contributed by atoms with Crippen LogP contribution in [0.25, 0.3) is 0 Å². The van der Waals surface area contributed by atoms with Crippen molar-refractivity contribution in [2.24, 2.45) is 0 Å². The smallest absolute Gasteiger partial charge is 0.249 e. The summed E-state index contributed by atoms with van der Waals surface area (Å²) in [6, 6.07) is 0. The van der Waals surface area contributed by atoms with Crippen molar-refractivity contribution in [2.45, 2.75) is 30.8 Å². The Kier molecular flexibility index (Phi) is 5.07. The Balaban J connectivity index is 2.34. The molecule has 0 spiro atoms. The predicted octanol–water partition coefficient (Wildman–Crippen LogP) is 0.981. The molecule has 1 unspecified atom stereocenters. The van der Waals surface area contributed by atoms with E-state index in [-0.39, 0.29) is 16.8 Å². The Morgan fingerprint density at radius 1 is 1.48 bits per heavy atom. The highest BCUT2D eigenvalue weighted by Crippen LogP contribution is 2.36. The van der Waals surface area contributed by atoms with Crippen LogP contribution in [0.3, 0.4) is 0 Å². The molecule has 0 radical (unpaired) electrons. The quantitative estimate of drug-likeness (QED) is 0.834. The zero-order valence-corrected chi connectivity index (χ0v) is 14.2. The molecule has 0 aromatic carbocycles. The number of likely N-dealkylation sites (N-methyl/N-ethyl adjacent to an activating group) is 1. The van der Waals surface area contributed by atoms with Crippen LogP contribution in [0.5, 0.6) is 0 Å². The molecule has 1 aromatic rings. The molecule has 0 amide bonds. The Hall–Kier alpha value is -0.900. The minimum Gasteiger partial charge on any atom is -0.382 e. The summed E-state index contributed by atoms with van der Waals surface area (Å²) in [6.07, 6.45) is 2.19. The highest BCUT2D eigenvalue weighted by Gasteiger charge is 2.31. The van der Waals surface area contributed by atoms with Crippen LogP contribution in [0, 0.1) is 0 Å². The van der Waals surface area contributed by atoms with Gasteiger partial charge in [-0.05, 0) is 31.3 Å². The Morgan fingerprint density at radius 3 is 2.71 bits per heavy atom. The van der Waals surface area contributed by atoms with Crippen molar-refractivity contribution in [3.63, 3.8) is 0 Å². The van der Waals surface area contributed by atoms with E-state index in [1.165, 1.54) is 14.1 Å². The normalized spacial score (nSPS) is 19.3. The standard InChI is InChI=1S/C12H22N4O3S2/c1-4-16(8-9-6-5-7-19-9)12-10(11(13)14-20-12)21(17,18)15(2)3/h9H,4-8H2,1-3H3,(H2,13,14). The van der Waals surface area contributed by atoms with E-state index >= 15 is 0 Å². The van der Waals surface area contributed by atoms with Gasteiger partial charge in [0, 0.05) is 33.8 Å². The van der Waals surface area contributed by atoms with Gasteiger partial charge >= 0.3 is 0 Å². The van der Waals surface area contributed by atoms with E-state index in [1.54, 1.807) is 0 Å². The third-order valence-corrected chi connectivity index (χ3v) is 6.45. The van der Waals surface area contributed by atoms with Gasteiger partial charge in [0.15, 0.2) is 10.7 Å². The van der Waals surface area contributed by atoms with Gasteiger partial charge in [-0.15, -0.1) is 0 Å². The maximum absolute atomic E-state index is 12.4. The summed E-state index contributed by atoms with van der Waals surface area (Å²) >= 11 is 1.13. The SMILES string of the molecule is CCN(CC1CCCO1)c1snc(N)c1S(=O)(=O)N(C)C. The first kappa shape index (κ1) is 16.5. The Morgan fingerprint density at radius 2 is 2.19 bits per heavy atom. The summed E-state index contributed by atoms with van der Waals surface area (Å²) in [5.41, 5.74) is 5.80. The maximum Gasteiger partial charge on any atom is 0.249 e. The molecule has 7 nitrogen and oxygen atoms in total. The van der Waals surface area contributed by atoms with Crippen LogP contribution < -0.4 is 10.6 Å². The van der Waals surface area contributed by atoms with Crippen LogP contribution in [0.15, 0.2) is 4.90 Å². The average Bonchev–Trinajstić information content (AvgIpc) is 3.05. The molecule has 0 bridgehead atoms. The van der Waals surface area contributed by atoms with E-state index in [1.807, 2.05) is 11.8 Å². The lowest BCUT2D eigenvalue weighted by Gasteiger charge is -2.25. The van der Waals surface area contributed by atoms with E-state index in [9.17, 15) is 8.42 Å². The van der Waals surface area contributed by atoms with Crippen molar-refractivity contribution in [3.8, 4) is 0 Å². The molecular weight excluding hydrogens is 312 g/mol. The number of anilines is 2. The zero-order chi connectivity index (χ0) is 15.6. The van der Waals surface area contributed by atoms with Gasteiger partial charge in [0.2, 0.25) is 10.0 Å². The molecule has 2 rings (SSSR count). The second kappa shape index (κ2) is 6.47. The van der Waals surface area contributed by atoms with Gasteiger partial charge < -0.3 is 15.4 Å². The monoisotopic (exact) mass is 334 g/mol.